The molecule has 0 aromatic heterocycles. The van der Waals surface area contributed by atoms with Crippen LogP contribution in [0.4, 0.5) is 5.69 Å². The maximum Gasteiger partial charge on any atom is 0.243 e. The Hall–Kier alpha value is -2.94. The van der Waals surface area contributed by atoms with E-state index in [2.05, 4.69) is 5.32 Å². The number of carbonyl (C=O) groups is 1. The zero-order chi connectivity index (χ0) is 22.4. The summed E-state index contributed by atoms with van der Waals surface area (Å²) < 4.78 is 42.3. The molecule has 3 rings (SSSR count). The van der Waals surface area contributed by atoms with E-state index in [1.54, 1.807) is 32.2 Å². The number of nitrogens with one attached hydrogen (secondary N) is 1. The van der Waals surface area contributed by atoms with Gasteiger partial charge in [-0.3, -0.25) is 9.10 Å². The zero-order valence-electron chi connectivity index (χ0n) is 18.0. The summed E-state index contributed by atoms with van der Waals surface area (Å²) >= 11 is 0. The lowest BCUT2D eigenvalue weighted by Gasteiger charge is -2.29. The van der Waals surface area contributed by atoms with Gasteiger partial charge in [-0.1, -0.05) is 12.1 Å². The minimum Gasteiger partial charge on any atom is -0.497 e. The van der Waals surface area contributed by atoms with Gasteiger partial charge in [0.05, 0.1) is 19.1 Å². The lowest BCUT2D eigenvalue weighted by Crippen LogP contribution is -2.48. The number of carbonyl (C=O) groups excluding carboxylic acids is 1. The van der Waals surface area contributed by atoms with E-state index in [1.807, 2.05) is 24.3 Å². The monoisotopic (exact) mass is 448 g/mol. The van der Waals surface area contributed by atoms with Gasteiger partial charge in [-0.05, 0) is 49.6 Å². The molecule has 0 fully saturated rings. The molecule has 0 radical (unpaired) electrons. The summed E-state index contributed by atoms with van der Waals surface area (Å²) in [6.07, 6.45) is 2.56. The molecule has 0 saturated carbocycles. The number of hydrogen-bond donors (Lipinski definition) is 1. The molecule has 0 aliphatic carbocycles. The van der Waals surface area contributed by atoms with Crippen molar-refractivity contribution in [2.24, 2.45) is 0 Å². The normalized spacial score (nSPS) is 13.9. The van der Waals surface area contributed by atoms with Gasteiger partial charge in [-0.15, -0.1) is 0 Å². The lowest BCUT2D eigenvalue weighted by atomic mass is 10.1. The van der Waals surface area contributed by atoms with Gasteiger partial charge in [-0.2, -0.15) is 0 Å². The first-order valence-corrected chi connectivity index (χ1v) is 11.9. The molecule has 1 atom stereocenters. The van der Waals surface area contributed by atoms with Crippen molar-refractivity contribution in [2.75, 3.05) is 37.4 Å². The van der Waals surface area contributed by atoms with Crippen molar-refractivity contribution in [1.29, 1.82) is 0 Å². The van der Waals surface area contributed by atoms with Gasteiger partial charge in [0, 0.05) is 12.6 Å². The van der Waals surface area contributed by atoms with E-state index in [-0.39, 0.29) is 5.91 Å². The van der Waals surface area contributed by atoms with Crippen LogP contribution in [-0.2, 0) is 21.2 Å². The molecule has 2 aromatic rings. The molecule has 0 spiro atoms. The Bertz CT molecular complexity index is 1020. The number of benzene rings is 2. The van der Waals surface area contributed by atoms with Gasteiger partial charge in [0.1, 0.15) is 25.0 Å². The Morgan fingerprint density at radius 3 is 2.61 bits per heavy atom. The van der Waals surface area contributed by atoms with E-state index in [4.69, 9.17) is 14.2 Å². The van der Waals surface area contributed by atoms with Crippen molar-refractivity contribution >= 4 is 21.6 Å². The Labute approximate surface area is 183 Å². The Morgan fingerprint density at radius 2 is 1.90 bits per heavy atom. The van der Waals surface area contributed by atoms with Gasteiger partial charge in [0.15, 0.2) is 11.5 Å². The number of aryl methyl sites for hydroxylation is 1. The second-order valence-electron chi connectivity index (χ2n) is 7.31. The molecule has 0 bridgehead atoms. The zero-order valence-corrected chi connectivity index (χ0v) is 18.8. The number of hydrogen-bond acceptors (Lipinski definition) is 6. The van der Waals surface area contributed by atoms with Crippen LogP contribution >= 0.6 is 0 Å². The molecule has 1 heterocycles. The predicted molar refractivity (Wildman–Crippen MR) is 119 cm³/mol. The molecule has 1 N–H and O–H groups in total. The highest BCUT2D eigenvalue weighted by atomic mass is 32.2. The fraction of sp³-hybridized carbons (Fsp3) is 0.409. The Kier molecular flexibility index (Phi) is 7.27. The molecule has 1 amide bonds. The van der Waals surface area contributed by atoms with Crippen LogP contribution in [0.25, 0.3) is 0 Å². The van der Waals surface area contributed by atoms with Crippen LogP contribution in [0.1, 0.15) is 18.9 Å². The van der Waals surface area contributed by atoms with Gasteiger partial charge in [0.25, 0.3) is 0 Å². The topological polar surface area (TPSA) is 94.2 Å². The molecule has 9 heteroatoms. The molecular weight excluding hydrogens is 420 g/mol. The lowest BCUT2D eigenvalue weighted by molar-refractivity contribution is -0.121. The average Bonchev–Trinajstić information content (AvgIpc) is 2.75. The summed E-state index contributed by atoms with van der Waals surface area (Å²) in [5.74, 6) is 1.44. The number of methoxy groups -OCH3 is 1. The summed E-state index contributed by atoms with van der Waals surface area (Å²) in [6.45, 7) is 2.82. The van der Waals surface area contributed by atoms with Crippen LogP contribution in [-0.4, -0.2) is 53.5 Å². The quantitative estimate of drug-likeness (QED) is 0.592. The summed E-state index contributed by atoms with van der Waals surface area (Å²) in [7, 11) is -2.09. The Morgan fingerprint density at radius 1 is 1.16 bits per heavy atom. The molecule has 8 nitrogen and oxygen atoms in total. The molecule has 2 aromatic carbocycles. The first kappa shape index (κ1) is 22.7. The van der Waals surface area contributed by atoms with Crippen LogP contribution in [0.15, 0.2) is 42.5 Å². The molecule has 0 saturated heterocycles. The minimum atomic E-state index is -3.71. The van der Waals surface area contributed by atoms with Crippen LogP contribution in [0.2, 0.25) is 0 Å². The third-order valence-electron chi connectivity index (χ3n) is 4.94. The van der Waals surface area contributed by atoms with Crippen LogP contribution in [0.3, 0.4) is 0 Å². The van der Waals surface area contributed by atoms with Gasteiger partial charge < -0.3 is 19.5 Å². The molecule has 1 unspecified atom stereocenters. The second-order valence-corrected chi connectivity index (χ2v) is 9.17. The summed E-state index contributed by atoms with van der Waals surface area (Å²) in [4.78, 5) is 12.7. The predicted octanol–water partition coefficient (Wildman–Crippen LogP) is 2.37. The maximum absolute atomic E-state index is 12.7. The summed E-state index contributed by atoms with van der Waals surface area (Å²) in [6, 6.07) is 11.7. The molecular formula is C22H28N2O6S. The second kappa shape index (κ2) is 9.91. The van der Waals surface area contributed by atoms with E-state index in [1.165, 1.54) is 0 Å². The molecule has 1 aliphatic rings. The van der Waals surface area contributed by atoms with Gasteiger partial charge >= 0.3 is 0 Å². The largest absolute Gasteiger partial charge is 0.497 e. The number of amides is 1. The standard InChI is InChI=1S/C22H28N2O6S/c1-16(22(25)23-11-5-7-17-6-4-8-19(14-17)28-2)24(31(3,26)27)18-9-10-20-21(15-18)30-13-12-29-20/h4,6,8-10,14-16H,5,7,11-13H2,1-3H3,(H,23,25). The number of ether oxygens (including phenoxy) is 3. The van der Waals surface area contributed by atoms with Crippen molar-refractivity contribution in [3.05, 3.63) is 48.0 Å². The van der Waals surface area contributed by atoms with Crippen molar-refractivity contribution in [3.63, 3.8) is 0 Å². The van der Waals surface area contributed by atoms with Crippen molar-refractivity contribution < 1.29 is 27.4 Å². The van der Waals surface area contributed by atoms with Crippen LogP contribution in [0.5, 0.6) is 17.2 Å². The van der Waals surface area contributed by atoms with Crippen molar-refractivity contribution in [1.82, 2.24) is 5.32 Å². The van der Waals surface area contributed by atoms with E-state index in [9.17, 15) is 13.2 Å². The number of anilines is 1. The maximum atomic E-state index is 12.7. The highest BCUT2D eigenvalue weighted by Crippen LogP contribution is 2.35. The summed E-state index contributed by atoms with van der Waals surface area (Å²) in [5.41, 5.74) is 1.46. The average molecular weight is 449 g/mol. The third-order valence-corrected chi connectivity index (χ3v) is 6.19. The fourth-order valence-corrected chi connectivity index (χ4v) is 4.62. The van der Waals surface area contributed by atoms with Crippen molar-refractivity contribution in [3.8, 4) is 17.2 Å². The van der Waals surface area contributed by atoms with E-state index >= 15 is 0 Å². The fourth-order valence-electron chi connectivity index (χ4n) is 3.46. The Balaban J connectivity index is 1.63. The van der Waals surface area contributed by atoms with Crippen molar-refractivity contribution in [2.45, 2.75) is 25.8 Å². The third kappa shape index (κ3) is 5.81. The number of nitrogens with zero attached hydrogens (tertiary/aromatic N) is 1. The minimum absolute atomic E-state index is 0.353. The first-order valence-electron chi connectivity index (χ1n) is 10.1. The smallest absolute Gasteiger partial charge is 0.243 e. The van der Waals surface area contributed by atoms with E-state index in [0.29, 0.717) is 43.4 Å². The highest BCUT2D eigenvalue weighted by Gasteiger charge is 2.30. The first-order chi connectivity index (χ1) is 14.8. The van der Waals surface area contributed by atoms with E-state index < -0.39 is 16.1 Å². The van der Waals surface area contributed by atoms with Crippen LogP contribution < -0.4 is 23.8 Å². The highest BCUT2D eigenvalue weighted by molar-refractivity contribution is 7.92. The van der Waals surface area contributed by atoms with Gasteiger partial charge in [0.2, 0.25) is 15.9 Å². The molecule has 31 heavy (non-hydrogen) atoms. The molecule has 1 aliphatic heterocycles. The number of sulfonamides is 1. The van der Waals surface area contributed by atoms with E-state index in [0.717, 1.165) is 28.3 Å². The van der Waals surface area contributed by atoms with Gasteiger partial charge in [-0.25, -0.2) is 8.42 Å². The number of rotatable bonds is 9. The van der Waals surface area contributed by atoms with Crippen LogP contribution in [0, 0.1) is 0 Å². The molecule has 168 valence electrons. The SMILES string of the molecule is COc1cccc(CCCNC(=O)C(C)N(c2ccc3c(c2)OCCO3)S(C)(=O)=O)c1. The summed E-state index contributed by atoms with van der Waals surface area (Å²) in [5, 5.41) is 2.83. The number of fused-ring (bicyclic) bond motifs is 1.